The molecule has 0 saturated carbocycles. The molecule has 0 aromatic rings. The summed E-state index contributed by atoms with van der Waals surface area (Å²) in [5.41, 5.74) is -1.06. The molecule has 0 bridgehead atoms. The Balaban J connectivity index is 3.05. The van der Waals surface area contributed by atoms with Crippen molar-refractivity contribution >= 4 is 23.8 Å². The van der Waals surface area contributed by atoms with Crippen LogP contribution in [0.1, 0.15) is 6.42 Å². The number of barbiturate groups is 1. The minimum Gasteiger partial charge on any atom is -0.481 e. The summed E-state index contributed by atoms with van der Waals surface area (Å²) in [6, 6.07) is -1.07. The SMILES string of the molecule is O=C(O)CC1(NO)C(=O)NC(=O)NC1=O. The van der Waals surface area contributed by atoms with Gasteiger partial charge in [-0.15, -0.1) is 0 Å². The van der Waals surface area contributed by atoms with Gasteiger partial charge in [0, 0.05) is 0 Å². The molecule has 1 rings (SSSR count). The molecular weight excluding hydrogens is 210 g/mol. The average molecular weight is 217 g/mol. The number of amides is 4. The second kappa shape index (κ2) is 3.63. The molecule has 9 nitrogen and oxygen atoms in total. The van der Waals surface area contributed by atoms with Crippen LogP contribution in [0.4, 0.5) is 4.79 Å². The summed E-state index contributed by atoms with van der Waals surface area (Å²) in [7, 11) is 0. The van der Waals surface area contributed by atoms with Crippen LogP contribution in [-0.2, 0) is 14.4 Å². The van der Waals surface area contributed by atoms with Crippen molar-refractivity contribution in [2.75, 3.05) is 0 Å². The van der Waals surface area contributed by atoms with Crippen LogP contribution in [0.15, 0.2) is 0 Å². The van der Waals surface area contributed by atoms with Crippen LogP contribution in [0.3, 0.4) is 0 Å². The lowest BCUT2D eigenvalue weighted by molar-refractivity contribution is -0.154. The Bertz CT molecular complexity index is 331. The Morgan fingerprint density at radius 3 is 2.07 bits per heavy atom. The van der Waals surface area contributed by atoms with E-state index in [9.17, 15) is 19.2 Å². The van der Waals surface area contributed by atoms with Crippen LogP contribution in [0.5, 0.6) is 0 Å². The lowest BCUT2D eigenvalue weighted by Gasteiger charge is -2.30. The highest BCUT2D eigenvalue weighted by molar-refractivity contribution is 6.23. The fourth-order valence-electron chi connectivity index (χ4n) is 1.08. The molecule has 1 saturated heterocycles. The fraction of sp³-hybridized carbons (Fsp3) is 0.333. The first-order chi connectivity index (χ1) is 6.92. The van der Waals surface area contributed by atoms with Gasteiger partial charge < -0.3 is 10.3 Å². The minimum absolute atomic E-state index is 0.992. The number of hydrogen-bond donors (Lipinski definition) is 5. The maximum atomic E-state index is 11.2. The quantitative estimate of drug-likeness (QED) is 0.260. The van der Waals surface area contributed by atoms with Crippen molar-refractivity contribution in [3.63, 3.8) is 0 Å². The van der Waals surface area contributed by atoms with Crippen LogP contribution < -0.4 is 16.1 Å². The standard InChI is InChI=1S/C6H7N3O6/c10-2(11)1-6(9-15)3(12)7-5(14)8-4(6)13/h9,15H,1H2,(H,10,11)(H2,7,8,12,13,14). The third-order valence-corrected chi connectivity index (χ3v) is 1.84. The highest BCUT2D eigenvalue weighted by Crippen LogP contribution is 2.13. The molecule has 9 heteroatoms. The number of carboxylic acids is 1. The van der Waals surface area contributed by atoms with Crippen molar-refractivity contribution < 1.29 is 29.5 Å². The van der Waals surface area contributed by atoms with Crippen LogP contribution in [0, 0.1) is 0 Å². The molecule has 1 heterocycles. The molecule has 1 fully saturated rings. The largest absolute Gasteiger partial charge is 0.481 e. The predicted octanol–water partition coefficient (Wildman–Crippen LogP) is -2.46. The van der Waals surface area contributed by atoms with Crippen LogP contribution >= 0.6 is 0 Å². The van der Waals surface area contributed by atoms with Crippen molar-refractivity contribution in [2.45, 2.75) is 12.0 Å². The van der Waals surface area contributed by atoms with Crippen molar-refractivity contribution in [3.05, 3.63) is 0 Å². The molecule has 1 aliphatic heterocycles. The van der Waals surface area contributed by atoms with E-state index in [1.807, 2.05) is 0 Å². The monoisotopic (exact) mass is 217 g/mol. The minimum atomic E-state index is -2.38. The maximum Gasteiger partial charge on any atom is 0.328 e. The average Bonchev–Trinajstić information content (AvgIpc) is 2.11. The van der Waals surface area contributed by atoms with Gasteiger partial charge in [-0.25, -0.2) is 4.79 Å². The molecule has 0 spiro atoms. The number of hydroxylamine groups is 1. The second-order valence-corrected chi connectivity index (χ2v) is 2.83. The van der Waals surface area contributed by atoms with E-state index < -0.39 is 35.8 Å². The van der Waals surface area contributed by atoms with Gasteiger partial charge in [-0.2, -0.15) is 5.48 Å². The molecule has 0 aromatic heterocycles. The number of nitrogens with one attached hydrogen (secondary N) is 3. The summed E-state index contributed by atoms with van der Waals surface area (Å²) in [6.07, 6.45) is -0.992. The highest BCUT2D eigenvalue weighted by Gasteiger charge is 2.52. The number of urea groups is 1. The first kappa shape index (κ1) is 11.1. The van der Waals surface area contributed by atoms with E-state index in [0.717, 1.165) is 0 Å². The van der Waals surface area contributed by atoms with E-state index in [0.29, 0.717) is 0 Å². The summed E-state index contributed by atoms with van der Waals surface area (Å²) in [5, 5.41) is 20.5. The Morgan fingerprint density at radius 1 is 1.27 bits per heavy atom. The first-order valence-corrected chi connectivity index (χ1v) is 3.72. The zero-order valence-electron chi connectivity index (χ0n) is 7.23. The molecule has 4 amide bonds. The molecule has 0 aliphatic carbocycles. The molecule has 0 aromatic carbocycles. The predicted molar refractivity (Wildman–Crippen MR) is 41.6 cm³/mol. The molecule has 15 heavy (non-hydrogen) atoms. The molecular formula is C6H7N3O6. The summed E-state index contributed by atoms with van der Waals surface area (Å²) in [6.45, 7) is 0. The summed E-state index contributed by atoms with van der Waals surface area (Å²) in [5.74, 6) is -3.93. The van der Waals surface area contributed by atoms with Gasteiger partial charge in [-0.3, -0.25) is 25.0 Å². The maximum absolute atomic E-state index is 11.2. The normalized spacial score (nSPS) is 19.4. The molecule has 1 aliphatic rings. The van der Waals surface area contributed by atoms with Gasteiger partial charge in [0.25, 0.3) is 11.8 Å². The zero-order chi connectivity index (χ0) is 11.6. The van der Waals surface area contributed by atoms with Gasteiger partial charge in [0.15, 0.2) is 0 Å². The number of aliphatic carboxylic acids is 1. The highest BCUT2D eigenvalue weighted by atomic mass is 16.5. The number of imide groups is 2. The molecule has 0 radical (unpaired) electrons. The van der Waals surface area contributed by atoms with E-state index in [2.05, 4.69) is 0 Å². The van der Waals surface area contributed by atoms with E-state index in [-0.39, 0.29) is 0 Å². The van der Waals surface area contributed by atoms with E-state index in [1.54, 1.807) is 10.6 Å². The zero-order valence-corrected chi connectivity index (χ0v) is 7.23. The Kier molecular flexibility index (Phi) is 2.68. The summed E-state index contributed by atoms with van der Waals surface area (Å²) >= 11 is 0. The second-order valence-electron chi connectivity index (χ2n) is 2.83. The lowest BCUT2D eigenvalue weighted by Crippen LogP contribution is -2.72. The molecule has 82 valence electrons. The van der Waals surface area contributed by atoms with E-state index in [4.69, 9.17) is 10.3 Å². The van der Waals surface area contributed by atoms with Gasteiger partial charge in [-0.05, 0) is 0 Å². The smallest absolute Gasteiger partial charge is 0.328 e. The third-order valence-electron chi connectivity index (χ3n) is 1.84. The topological polar surface area (TPSA) is 145 Å². The Morgan fingerprint density at radius 2 is 1.73 bits per heavy atom. The van der Waals surface area contributed by atoms with Crippen LogP contribution in [-0.4, -0.2) is 39.7 Å². The number of carbonyl (C=O) groups excluding carboxylic acids is 3. The first-order valence-electron chi connectivity index (χ1n) is 3.72. The summed E-state index contributed by atoms with van der Waals surface area (Å²) < 4.78 is 0. The Labute approximate surface area is 82.4 Å². The lowest BCUT2D eigenvalue weighted by atomic mass is 9.92. The molecule has 0 atom stereocenters. The third kappa shape index (κ3) is 1.78. The van der Waals surface area contributed by atoms with Crippen molar-refractivity contribution in [1.29, 1.82) is 0 Å². The number of rotatable bonds is 3. The van der Waals surface area contributed by atoms with Gasteiger partial charge >= 0.3 is 12.0 Å². The molecule has 5 N–H and O–H groups in total. The van der Waals surface area contributed by atoms with Gasteiger partial charge in [0.1, 0.15) is 0 Å². The van der Waals surface area contributed by atoms with Gasteiger partial charge in [0.2, 0.25) is 5.54 Å². The summed E-state index contributed by atoms with van der Waals surface area (Å²) in [4.78, 5) is 43.5. The van der Waals surface area contributed by atoms with Crippen molar-refractivity contribution in [2.24, 2.45) is 0 Å². The van der Waals surface area contributed by atoms with Crippen molar-refractivity contribution in [1.82, 2.24) is 16.1 Å². The van der Waals surface area contributed by atoms with Gasteiger partial charge in [0.05, 0.1) is 6.42 Å². The van der Waals surface area contributed by atoms with E-state index in [1.165, 1.54) is 5.48 Å². The van der Waals surface area contributed by atoms with E-state index >= 15 is 0 Å². The fourth-order valence-corrected chi connectivity index (χ4v) is 1.08. The number of carbonyl (C=O) groups is 4. The number of carboxylic acid groups (broad SMARTS) is 1. The van der Waals surface area contributed by atoms with Crippen molar-refractivity contribution in [3.8, 4) is 0 Å². The number of hydrogen-bond acceptors (Lipinski definition) is 6. The van der Waals surface area contributed by atoms with Gasteiger partial charge in [-0.1, -0.05) is 0 Å². The molecule has 0 unspecified atom stereocenters. The van der Waals surface area contributed by atoms with Crippen LogP contribution in [0.25, 0.3) is 0 Å². The Hall–Kier alpha value is -2.00. The van der Waals surface area contributed by atoms with Crippen LogP contribution in [0.2, 0.25) is 0 Å².